The second kappa shape index (κ2) is 13.0. The molecule has 0 amide bonds. The molecule has 38 heavy (non-hydrogen) atoms. The predicted molar refractivity (Wildman–Crippen MR) is 151 cm³/mol. The molecule has 0 aromatic heterocycles. The maximum Gasteiger partial charge on any atom is 0.330 e. The van der Waals surface area contributed by atoms with E-state index in [1.54, 1.807) is 19.1 Å². The van der Waals surface area contributed by atoms with Gasteiger partial charge in [0.25, 0.3) is 10.1 Å². The van der Waals surface area contributed by atoms with Gasteiger partial charge in [-0.15, -0.1) is 0 Å². The van der Waals surface area contributed by atoms with Gasteiger partial charge < -0.3 is 9.16 Å². The van der Waals surface area contributed by atoms with Crippen LogP contribution in [0.3, 0.4) is 0 Å². The lowest BCUT2D eigenvalue weighted by molar-refractivity contribution is -0.134. The van der Waals surface area contributed by atoms with Crippen molar-refractivity contribution in [2.24, 2.45) is 5.92 Å². The molecule has 2 rings (SSSR count). The summed E-state index contributed by atoms with van der Waals surface area (Å²) in [5, 5.41) is -0.155. The molecule has 2 aromatic carbocycles. The normalized spacial score (nSPS) is 15.2. The third-order valence-electron chi connectivity index (χ3n) is 6.97. The molecule has 0 saturated heterocycles. The highest BCUT2D eigenvalue weighted by molar-refractivity contribution is 7.86. The van der Waals surface area contributed by atoms with Gasteiger partial charge in [-0.05, 0) is 49.2 Å². The minimum absolute atomic E-state index is 0.00526. The molecule has 9 heteroatoms. The van der Waals surface area contributed by atoms with Gasteiger partial charge in [-0.3, -0.25) is 8.98 Å². The van der Waals surface area contributed by atoms with E-state index >= 15 is 0 Å². The number of hydrogen-bond donors (Lipinski definition) is 0. The van der Waals surface area contributed by atoms with Crippen molar-refractivity contribution in [2.45, 2.75) is 76.3 Å². The van der Waals surface area contributed by atoms with Gasteiger partial charge in [0.1, 0.15) is 6.10 Å². The summed E-state index contributed by atoms with van der Waals surface area (Å²) >= 11 is 0. The Kier molecular flexibility index (Phi) is 10.8. The molecule has 0 aliphatic carbocycles. The number of carbonyl (C=O) groups is 2. The number of methoxy groups -OCH3 is 1. The van der Waals surface area contributed by atoms with Crippen molar-refractivity contribution in [3.05, 3.63) is 77.9 Å². The average molecular weight is 561 g/mol. The second-order valence-electron chi connectivity index (χ2n) is 10.9. The minimum atomic E-state index is -4.19. The van der Waals surface area contributed by atoms with E-state index in [-0.39, 0.29) is 22.1 Å². The second-order valence-corrected chi connectivity index (χ2v) is 17.3. The van der Waals surface area contributed by atoms with Gasteiger partial charge in [-0.1, -0.05) is 81.8 Å². The van der Waals surface area contributed by atoms with Crippen molar-refractivity contribution in [2.75, 3.05) is 7.11 Å². The smallest absolute Gasteiger partial charge is 0.330 e. The fourth-order valence-corrected chi connectivity index (χ4v) is 5.77. The average Bonchev–Trinajstić information content (AvgIpc) is 2.85. The lowest BCUT2D eigenvalue weighted by Gasteiger charge is -2.39. The standard InChI is InChI=1S/C29H40O7SSi/c1-21-17-19-24(20-18-21)37(32,33)35-25(15-12-16-26(30)34-6)22(2)27(31)28(23-13-10-9-11-14-23)36-38(7,8)29(3,4)5/h9-14,16-20,22,25,28H,15H2,1-8H3/b16-12+/t22-,25+,28+/m0/s1. The van der Waals surface area contributed by atoms with E-state index in [4.69, 9.17) is 8.61 Å². The van der Waals surface area contributed by atoms with Gasteiger partial charge in [-0.2, -0.15) is 8.42 Å². The van der Waals surface area contributed by atoms with E-state index in [9.17, 15) is 18.0 Å². The van der Waals surface area contributed by atoms with Crippen LogP contribution < -0.4 is 0 Å². The van der Waals surface area contributed by atoms with Gasteiger partial charge in [0.2, 0.25) is 0 Å². The number of aryl methyl sites for hydroxylation is 1. The Morgan fingerprint density at radius 3 is 2.11 bits per heavy atom. The lowest BCUT2D eigenvalue weighted by Crippen LogP contribution is -2.45. The molecule has 0 fully saturated rings. The molecule has 3 atom stereocenters. The van der Waals surface area contributed by atoms with Crippen LogP contribution in [0.15, 0.2) is 71.6 Å². The van der Waals surface area contributed by atoms with E-state index in [2.05, 4.69) is 38.6 Å². The number of esters is 1. The van der Waals surface area contributed by atoms with Crippen LogP contribution in [-0.2, 0) is 33.1 Å². The quantitative estimate of drug-likeness (QED) is 0.133. The number of Topliss-reactive ketones (excluding diaryl/α,β-unsaturated/α-hetero) is 1. The number of rotatable bonds is 12. The Morgan fingerprint density at radius 2 is 1.58 bits per heavy atom. The SMILES string of the molecule is COC(=O)/C=C/C[C@@H](OS(=O)(=O)c1ccc(C)cc1)[C@H](C)C(=O)[C@H](O[Si](C)(C)C(C)(C)C)c1ccccc1. The molecule has 0 aliphatic heterocycles. The van der Waals surface area contributed by atoms with Crippen molar-refractivity contribution in [1.82, 2.24) is 0 Å². The molecule has 0 aliphatic rings. The summed E-state index contributed by atoms with van der Waals surface area (Å²) in [6.07, 6.45) is 0.660. The van der Waals surface area contributed by atoms with Crippen LogP contribution in [0.4, 0.5) is 0 Å². The largest absolute Gasteiger partial charge is 0.466 e. The molecule has 0 spiro atoms. The van der Waals surface area contributed by atoms with E-state index in [1.807, 2.05) is 37.3 Å². The topological polar surface area (TPSA) is 96.0 Å². The molecule has 2 aromatic rings. The zero-order valence-corrected chi connectivity index (χ0v) is 25.4. The van der Waals surface area contributed by atoms with Crippen molar-refractivity contribution >= 4 is 30.2 Å². The van der Waals surface area contributed by atoms with Crippen molar-refractivity contribution in [3.63, 3.8) is 0 Å². The van der Waals surface area contributed by atoms with Gasteiger partial charge in [0, 0.05) is 12.0 Å². The van der Waals surface area contributed by atoms with E-state index in [0.717, 1.165) is 5.56 Å². The summed E-state index contributed by atoms with van der Waals surface area (Å²) < 4.78 is 43.2. The maximum absolute atomic E-state index is 14.0. The zero-order valence-electron chi connectivity index (χ0n) is 23.6. The number of benzene rings is 2. The highest BCUT2D eigenvalue weighted by Crippen LogP contribution is 2.41. The summed E-state index contributed by atoms with van der Waals surface area (Å²) in [5.74, 6) is -1.77. The number of ether oxygens (including phenoxy) is 1. The third-order valence-corrected chi connectivity index (χ3v) is 12.8. The molecular weight excluding hydrogens is 520 g/mol. The molecule has 0 unspecified atom stereocenters. The van der Waals surface area contributed by atoms with Crippen LogP contribution in [0.2, 0.25) is 18.1 Å². The lowest BCUT2D eigenvalue weighted by atomic mass is 9.91. The number of carbonyl (C=O) groups excluding carboxylic acids is 2. The predicted octanol–water partition coefficient (Wildman–Crippen LogP) is 6.16. The van der Waals surface area contributed by atoms with Crippen LogP contribution in [0.1, 0.15) is 51.3 Å². The molecule has 0 heterocycles. The molecule has 0 N–H and O–H groups in total. The first-order valence-electron chi connectivity index (χ1n) is 12.6. The summed E-state index contributed by atoms with van der Waals surface area (Å²) in [7, 11) is -5.35. The first-order valence-corrected chi connectivity index (χ1v) is 16.9. The molecular formula is C29H40O7SSi. The Balaban J connectivity index is 2.47. The Bertz CT molecular complexity index is 1210. The Labute approximate surface area is 228 Å². The van der Waals surface area contributed by atoms with Crippen molar-refractivity contribution < 1.29 is 31.4 Å². The fourth-order valence-electron chi connectivity index (χ4n) is 3.43. The van der Waals surface area contributed by atoms with Gasteiger partial charge in [0.15, 0.2) is 14.1 Å². The van der Waals surface area contributed by atoms with Crippen LogP contribution in [-0.4, -0.2) is 41.7 Å². The van der Waals surface area contributed by atoms with Gasteiger partial charge in [-0.25, -0.2) is 4.79 Å². The van der Waals surface area contributed by atoms with Crippen molar-refractivity contribution in [3.8, 4) is 0 Å². The van der Waals surface area contributed by atoms with Crippen molar-refractivity contribution in [1.29, 1.82) is 0 Å². The highest BCUT2D eigenvalue weighted by atomic mass is 32.2. The molecule has 0 saturated carbocycles. The van der Waals surface area contributed by atoms with Crippen LogP contribution in [0, 0.1) is 12.8 Å². The summed E-state index contributed by atoms with van der Waals surface area (Å²) in [6, 6.07) is 15.5. The first-order chi connectivity index (χ1) is 17.6. The third kappa shape index (κ3) is 8.46. The molecule has 0 bridgehead atoms. The Morgan fingerprint density at radius 1 is 1.00 bits per heavy atom. The van der Waals surface area contributed by atoms with Gasteiger partial charge >= 0.3 is 5.97 Å². The monoisotopic (exact) mass is 560 g/mol. The van der Waals surface area contributed by atoms with E-state index in [0.29, 0.717) is 5.56 Å². The number of ketones is 1. The summed E-state index contributed by atoms with van der Waals surface area (Å²) in [5.41, 5.74) is 1.60. The van der Waals surface area contributed by atoms with Crippen LogP contribution in [0.5, 0.6) is 0 Å². The first kappa shape index (κ1) is 31.6. The van der Waals surface area contributed by atoms with E-state index < -0.39 is 42.5 Å². The Hall–Kier alpha value is -2.59. The molecule has 0 radical (unpaired) electrons. The fraction of sp³-hybridized carbons (Fsp3) is 0.448. The minimum Gasteiger partial charge on any atom is -0.466 e. The zero-order chi connectivity index (χ0) is 28.7. The number of hydrogen-bond acceptors (Lipinski definition) is 7. The summed E-state index contributed by atoms with van der Waals surface area (Å²) in [4.78, 5) is 25.6. The molecule has 7 nitrogen and oxygen atoms in total. The molecule has 208 valence electrons. The van der Waals surface area contributed by atoms with E-state index in [1.165, 1.54) is 31.4 Å². The van der Waals surface area contributed by atoms with Crippen LogP contribution in [0.25, 0.3) is 0 Å². The summed E-state index contributed by atoms with van der Waals surface area (Å²) in [6.45, 7) is 13.9. The maximum atomic E-state index is 14.0. The highest BCUT2D eigenvalue weighted by Gasteiger charge is 2.43. The van der Waals surface area contributed by atoms with Gasteiger partial charge in [0.05, 0.1) is 18.1 Å². The van der Waals surface area contributed by atoms with Crippen LogP contribution >= 0.6 is 0 Å².